The topological polar surface area (TPSA) is 70.1 Å². The summed E-state index contributed by atoms with van der Waals surface area (Å²) in [5.74, 6) is -0.877. The minimum atomic E-state index is -5.13. The monoisotopic (exact) mass is 736 g/mol. The van der Waals surface area contributed by atoms with E-state index in [2.05, 4.69) is 0 Å². The number of carboxylic acid groups (broad SMARTS) is 1. The number of aryl methyl sites for hydroxylation is 1. The Morgan fingerprint density at radius 1 is 0.750 bits per heavy atom. The van der Waals surface area contributed by atoms with Gasteiger partial charge in [-0.15, -0.1) is 0 Å². The fraction of sp³-hybridized carbons (Fsp3) is 0.297. The predicted molar refractivity (Wildman–Crippen MR) is 171 cm³/mol. The molecular formula is C37H29F9N2O4. The van der Waals surface area contributed by atoms with Crippen LogP contribution in [0.4, 0.5) is 44.3 Å². The molecule has 2 fully saturated rings. The third-order valence-electron chi connectivity index (χ3n) is 9.70. The first kappa shape index (κ1) is 36.6. The van der Waals surface area contributed by atoms with Crippen LogP contribution in [0.1, 0.15) is 68.7 Å². The number of urea groups is 1. The molecule has 2 aliphatic heterocycles. The van der Waals surface area contributed by atoms with Crippen LogP contribution in [0, 0.1) is 6.92 Å². The Morgan fingerprint density at radius 3 is 1.92 bits per heavy atom. The number of hydrogen-bond donors (Lipinski definition) is 1. The van der Waals surface area contributed by atoms with Gasteiger partial charge in [0, 0.05) is 12.6 Å². The molecule has 0 aromatic heterocycles. The number of ether oxygens (including phenoxy) is 1. The molecule has 0 spiro atoms. The number of halogens is 9. The second-order valence-corrected chi connectivity index (χ2v) is 12.8. The molecule has 2 amide bonds. The van der Waals surface area contributed by atoms with Gasteiger partial charge in [0.1, 0.15) is 5.75 Å². The summed E-state index contributed by atoms with van der Waals surface area (Å²) in [7, 11) is 2.59. The molecule has 3 atom stereocenters. The van der Waals surface area contributed by atoms with E-state index in [1.807, 2.05) is 0 Å². The van der Waals surface area contributed by atoms with Crippen LogP contribution >= 0.6 is 0 Å². The molecule has 15 heteroatoms. The molecule has 4 aromatic rings. The Balaban J connectivity index is 1.49. The van der Waals surface area contributed by atoms with E-state index in [9.17, 15) is 54.2 Å². The molecule has 0 bridgehead atoms. The van der Waals surface area contributed by atoms with Gasteiger partial charge in [0.2, 0.25) is 0 Å². The van der Waals surface area contributed by atoms with Crippen LogP contribution in [-0.2, 0) is 18.5 Å². The van der Waals surface area contributed by atoms with E-state index in [1.165, 1.54) is 37.3 Å². The zero-order chi connectivity index (χ0) is 38.1. The van der Waals surface area contributed by atoms with E-state index in [0.29, 0.717) is 34.4 Å². The van der Waals surface area contributed by atoms with Crippen molar-refractivity contribution < 1.29 is 58.9 Å². The minimum absolute atomic E-state index is 0.00603. The minimum Gasteiger partial charge on any atom is -0.496 e. The Morgan fingerprint density at radius 2 is 1.37 bits per heavy atom. The molecule has 274 valence electrons. The van der Waals surface area contributed by atoms with Crippen molar-refractivity contribution in [1.82, 2.24) is 9.80 Å². The lowest BCUT2D eigenvalue weighted by molar-refractivity contribution is -0.143. The molecule has 0 aliphatic carbocycles. The Kier molecular flexibility index (Phi) is 8.99. The third-order valence-corrected chi connectivity index (χ3v) is 9.70. The largest absolute Gasteiger partial charge is 0.496 e. The number of benzene rings is 4. The molecule has 6 nitrogen and oxygen atoms in total. The van der Waals surface area contributed by atoms with Gasteiger partial charge in [-0.05, 0) is 108 Å². The van der Waals surface area contributed by atoms with Crippen molar-refractivity contribution in [2.45, 2.75) is 56.4 Å². The van der Waals surface area contributed by atoms with Gasteiger partial charge in [0.25, 0.3) is 0 Å². The third kappa shape index (κ3) is 6.52. The van der Waals surface area contributed by atoms with Crippen LogP contribution in [0.25, 0.3) is 22.3 Å². The van der Waals surface area contributed by atoms with Crippen molar-refractivity contribution in [2.75, 3.05) is 14.2 Å². The molecule has 2 heterocycles. The number of carbonyl (C=O) groups is 2. The van der Waals surface area contributed by atoms with Crippen LogP contribution in [0.2, 0.25) is 0 Å². The summed E-state index contributed by atoms with van der Waals surface area (Å²) in [6.45, 7) is 1.70. The Bertz CT molecular complexity index is 2040. The van der Waals surface area contributed by atoms with E-state index < -0.39 is 70.9 Å². The number of hydrogen-bond acceptors (Lipinski definition) is 3. The number of likely N-dealkylation sites (N-methyl/N-ethyl adjacent to an activating group) is 1. The summed E-state index contributed by atoms with van der Waals surface area (Å²) < 4.78 is 131. The van der Waals surface area contributed by atoms with Crippen LogP contribution in [-0.4, -0.2) is 47.1 Å². The van der Waals surface area contributed by atoms with Crippen LogP contribution in [0.15, 0.2) is 72.8 Å². The highest BCUT2D eigenvalue weighted by atomic mass is 19.4. The molecule has 6 rings (SSSR count). The van der Waals surface area contributed by atoms with Crippen LogP contribution < -0.4 is 4.74 Å². The smallest absolute Gasteiger partial charge is 0.416 e. The second kappa shape index (κ2) is 12.8. The number of aromatic carboxylic acids is 1. The van der Waals surface area contributed by atoms with Crippen molar-refractivity contribution in [2.24, 2.45) is 0 Å². The maximum atomic E-state index is 14.2. The number of nitrogens with zero attached hydrogens (tertiary/aromatic N) is 2. The Hall–Kier alpha value is -5.21. The van der Waals surface area contributed by atoms with E-state index >= 15 is 0 Å². The van der Waals surface area contributed by atoms with Gasteiger partial charge < -0.3 is 19.6 Å². The second-order valence-electron chi connectivity index (χ2n) is 12.8. The fourth-order valence-electron chi connectivity index (χ4n) is 7.35. The lowest BCUT2D eigenvalue weighted by atomic mass is 9.89. The zero-order valence-electron chi connectivity index (χ0n) is 27.5. The first-order valence-corrected chi connectivity index (χ1v) is 15.8. The van der Waals surface area contributed by atoms with Crippen LogP contribution in [0.3, 0.4) is 0 Å². The molecule has 2 saturated heterocycles. The fourth-order valence-corrected chi connectivity index (χ4v) is 7.35. The van der Waals surface area contributed by atoms with E-state index in [0.717, 1.165) is 17.0 Å². The predicted octanol–water partition coefficient (Wildman–Crippen LogP) is 10.4. The molecule has 1 N–H and O–H groups in total. The average Bonchev–Trinajstić information content (AvgIpc) is 3.60. The molecule has 0 unspecified atom stereocenters. The van der Waals surface area contributed by atoms with Gasteiger partial charge in [0.15, 0.2) is 0 Å². The van der Waals surface area contributed by atoms with Gasteiger partial charge >= 0.3 is 30.5 Å². The number of carbonyl (C=O) groups excluding carboxylic acids is 1. The van der Waals surface area contributed by atoms with Gasteiger partial charge in [-0.25, -0.2) is 9.59 Å². The lowest BCUT2D eigenvalue weighted by Crippen LogP contribution is -2.32. The number of fused-ring (bicyclic) bond motifs is 1. The Labute approximate surface area is 291 Å². The van der Waals surface area contributed by atoms with Crippen molar-refractivity contribution in [3.05, 3.63) is 112 Å². The van der Waals surface area contributed by atoms with Gasteiger partial charge in [-0.2, -0.15) is 39.5 Å². The summed E-state index contributed by atoms with van der Waals surface area (Å²) in [6.07, 6.45) is -15.0. The number of rotatable bonds is 6. The summed E-state index contributed by atoms with van der Waals surface area (Å²) in [6, 6.07) is 9.45. The summed E-state index contributed by atoms with van der Waals surface area (Å²) in [4.78, 5) is 27.6. The molecule has 2 aliphatic rings. The van der Waals surface area contributed by atoms with Crippen LogP contribution in [0.5, 0.6) is 5.75 Å². The molecule has 4 aromatic carbocycles. The van der Waals surface area contributed by atoms with Gasteiger partial charge in [-0.1, -0.05) is 18.2 Å². The first-order valence-electron chi connectivity index (χ1n) is 15.8. The maximum absolute atomic E-state index is 14.2. The average molecular weight is 737 g/mol. The van der Waals surface area contributed by atoms with Gasteiger partial charge in [-0.3, -0.25) is 0 Å². The number of amides is 2. The first-order chi connectivity index (χ1) is 24.2. The number of carboxylic acids is 1. The SMILES string of the molecule is COc1ccc(-c2ccc(C(=O)O)cc2C)cc1-c1ccc(C(F)(F)F)cc1[C@@H]1CC[C@H]2[C@@H](c3cc(C(F)(F)F)cc(C(F)(F)F)c3)N(C)C(=O)N12. The van der Waals surface area contributed by atoms with Crippen molar-refractivity contribution >= 4 is 12.0 Å². The molecule has 0 saturated carbocycles. The summed E-state index contributed by atoms with van der Waals surface area (Å²) in [5, 5.41) is 9.40. The van der Waals surface area contributed by atoms with E-state index in [-0.39, 0.29) is 41.3 Å². The zero-order valence-corrected chi connectivity index (χ0v) is 27.5. The number of alkyl halides is 9. The van der Waals surface area contributed by atoms with Crippen molar-refractivity contribution in [3.8, 4) is 28.0 Å². The highest BCUT2D eigenvalue weighted by molar-refractivity contribution is 5.89. The van der Waals surface area contributed by atoms with E-state index in [4.69, 9.17) is 4.74 Å². The van der Waals surface area contributed by atoms with E-state index in [1.54, 1.807) is 31.2 Å². The quantitative estimate of drug-likeness (QED) is 0.200. The normalized spacial score (nSPS) is 19.3. The lowest BCUT2D eigenvalue weighted by Gasteiger charge is -2.27. The van der Waals surface area contributed by atoms with Crippen molar-refractivity contribution in [1.29, 1.82) is 0 Å². The van der Waals surface area contributed by atoms with Gasteiger partial charge in [0.05, 0.1) is 47.5 Å². The molecular weight excluding hydrogens is 707 g/mol. The molecule has 52 heavy (non-hydrogen) atoms. The molecule has 0 radical (unpaired) electrons. The maximum Gasteiger partial charge on any atom is 0.416 e. The summed E-state index contributed by atoms with van der Waals surface area (Å²) >= 11 is 0. The summed E-state index contributed by atoms with van der Waals surface area (Å²) in [5.41, 5.74) is -2.07. The highest BCUT2D eigenvalue weighted by Gasteiger charge is 2.53. The standard InChI is InChI=1S/C37H29F9N2O4/c1-18-12-20(33(49)50)4-7-25(18)19-5-11-31(52-3)28(15-19)26-8-6-22(35(38,39)40)17-27(26)29-9-10-30-32(47(2)34(51)48(29)30)21-13-23(36(41,42)43)16-24(14-21)37(44,45)46/h4-8,11-17,29-30,32H,9-10H2,1-3H3,(H,49,50)/t29-,30-,32+/m0/s1. The van der Waals surface area contributed by atoms with Crippen molar-refractivity contribution in [3.63, 3.8) is 0 Å². The highest BCUT2D eigenvalue weighted by Crippen LogP contribution is 2.52. The number of methoxy groups -OCH3 is 1.